The van der Waals surface area contributed by atoms with Gasteiger partial charge in [0.2, 0.25) is 0 Å². The van der Waals surface area contributed by atoms with Gasteiger partial charge in [-0.25, -0.2) is 4.79 Å². The first kappa shape index (κ1) is 16.1. The van der Waals surface area contributed by atoms with Crippen molar-refractivity contribution in [3.8, 4) is 0 Å². The standard InChI is InChI=1S/C14H14Cl2N2O2S/c15-11-2-1-9(12(16)5-11)6-17-14(20)18-7-13(19)10-3-4-21-8-10/h1-5,8,13,19H,6-7H2,(H2,17,18,20). The lowest BCUT2D eigenvalue weighted by Gasteiger charge is -2.12. The lowest BCUT2D eigenvalue weighted by atomic mass is 10.2. The molecule has 21 heavy (non-hydrogen) atoms. The summed E-state index contributed by atoms with van der Waals surface area (Å²) in [6.45, 7) is 0.438. The number of aliphatic hydroxyl groups excluding tert-OH is 1. The van der Waals surface area contributed by atoms with E-state index in [0.717, 1.165) is 11.1 Å². The number of halogens is 2. The first-order chi connectivity index (χ1) is 10.1. The van der Waals surface area contributed by atoms with Crippen LogP contribution in [0.3, 0.4) is 0 Å². The largest absolute Gasteiger partial charge is 0.387 e. The van der Waals surface area contributed by atoms with Crippen LogP contribution in [0.2, 0.25) is 10.0 Å². The molecule has 1 heterocycles. The molecule has 2 rings (SSSR count). The van der Waals surface area contributed by atoms with Gasteiger partial charge in [-0.1, -0.05) is 29.3 Å². The normalized spacial score (nSPS) is 12.0. The Hall–Kier alpha value is -1.27. The van der Waals surface area contributed by atoms with E-state index < -0.39 is 6.10 Å². The highest BCUT2D eigenvalue weighted by Crippen LogP contribution is 2.20. The van der Waals surface area contributed by atoms with Crippen LogP contribution in [-0.2, 0) is 6.54 Å². The molecule has 3 N–H and O–H groups in total. The summed E-state index contributed by atoms with van der Waals surface area (Å²) in [5.41, 5.74) is 1.57. The summed E-state index contributed by atoms with van der Waals surface area (Å²) in [4.78, 5) is 11.7. The van der Waals surface area contributed by atoms with E-state index in [9.17, 15) is 9.90 Å². The summed E-state index contributed by atoms with van der Waals surface area (Å²) < 4.78 is 0. The zero-order valence-corrected chi connectivity index (χ0v) is 13.3. The maximum absolute atomic E-state index is 11.7. The molecule has 1 aromatic heterocycles. The third kappa shape index (κ3) is 4.89. The Morgan fingerprint density at radius 2 is 2.10 bits per heavy atom. The second kappa shape index (κ2) is 7.66. The number of hydrogen-bond acceptors (Lipinski definition) is 3. The van der Waals surface area contributed by atoms with Gasteiger partial charge in [0, 0.05) is 23.1 Å². The number of amides is 2. The Balaban J connectivity index is 1.77. The molecular weight excluding hydrogens is 331 g/mol. The van der Waals surface area contributed by atoms with Gasteiger partial charge in [-0.05, 0) is 40.1 Å². The molecule has 7 heteroatoms. The summed E-state index contributed by atoms with van der Waals surface area (Å²) in [7, 11) is 0. The van der Waals surface area contributed by atoms with Gasteiger partial charge < -0.3 is 15.7 Å². The van der Waals surface area contributed by atoms with Crippen molar-refractivity contribution in [2.45, 2.75) is 12.6 Å². The van der Waals surface area contributed by atoms with Crippen LogP contribution >= 0.6 is 34.5 Å². The molecule has 0 radical (unpaired) electrons. The number of aliphatic hydroxyl groups is 1. The highest BCUT2D eigenvalue weighted by atomic mass is 35.5. The second-order valence-corrected chi connectivity index (χ2v) is 6.00. The van der Waals surface area contributed by atoms with E-state index in [1.165, 1.54) is 11.3 Å². The molecule has 2 aromatic rings. The molecule has 0 spiro atoms. The minimum absolute atomic E-state index is 0.150. The van der Waals surface area contributed by atoms with Crippen molar-refractivity contribution in [3.05, 3.63) is 56.2 Å². The van der Waals surface area contributed by atoms with Gasteiger partial charge in [0.25, 0.3) is 0 Å². The molecule has 2 amide bonds. The van der Waals surface area contributed by atoms with E-state index in [1.54, 1.807) is 18.2 Å². The molecule has 0 fully saturated rings. The minimum Gasteiger partial charge on any atom is -0.387 e. The van der Waals surface area contributed by atoms with Gasteiger partial charge in [-0.2, -0.15) is 11.3 Å². The highest BCUT2D eigenvalue weighted by Gasteiger charge is 2.10. The highest BCUT2D eigenvalue weighted by molar-refractivity contribution is 7.07. The first-order valence-corrected chi connectivity index (χ1v) is 7.92. The van der Waals surface area contributed by atoms with Crippen LogP contribution in [0.4, 0.5) is 4.79 Å². The van der Waals surface area contributed by atoms with Crippen molar-refractivity contribution < 1.29 is 9.90 Å². The number of carbonyl (C=O) groups excluding carboxylic acids is 1. The van der Waals surface area contributed by atoms with Gasteiger partial charge in [0.1, 0.15) is 0 Å². The van der Waals surface area contributed by atoms with E-state index in [1.807, 2.05) is 16.8 Å². The van der Waals surface area contributed by atoms with Crippen LogP contribution in [0.1, 0.15) is 17.2 Å². The predicted molar refractivity (Wildman–Crippen MR) is 86.0 cm³/mol. The van der Waals surface area contributed by atoms with Gasteiger partial charge in [-0.3, -0.25) is 0 Å². The minimum atomic E-state index is -0.707. The Labute approximate surface area is 136 Å². The third-order valence-corrected chi connectivity index (χ3v) is 4.13. The molecule has 1 unspecified atom stereocenters. The smallest absolute Gasteiger partial charge is 0.315 e. The molecule has 0 aliphatic carbocycles. The average Bonchev–Trinajstić information content (AvgIpc) is 2.98. The fourth-order valence-electron chi connectivity index (χ4n) is 1.67. The van der Waals surface area contributed by atoms with Gasteiger partial charge in [0.15, 0.2) is 0 Å². The van der Waals surface area contributed by atoms with Gasteiger partial charge >= 0.3 is 6.03 Å². The van der Waals surface area contributed by atoms with Crippen molar-refractivity contribution in [2.75, 3.05) is 6.54 Å². The van der Waals surface area contributed by atoms with Crippen LogP contribution in [0.25, 0.3) is 0 Å². The van der Waals surface area contributed by atoms with Crippen LogP contribution < -0.4 is 10.6 Å². The van der Waals surface area contributed by atoms with Gasteiger partial charge in [0.05, 0.1) is 6.10 Å². The fourth-order valence-corrected chi connectivity index (χ4v) is 2.86. The maximum Gasteiger partial charge on any atom is 0.315 e. The molecule has 112 valence electrons. The maximum atomic E-state index is 11.7. The molecule has 1 aromatic carbocycles. The second-order valence-electron chi connectivity index (χ2n) is 4.37. The van der Waals surface area contributed by atoms with Crippen molar-refractivity contribution in [1.29, 1.82) is 0 Å². The van der Waals surface area contributed by atoms with Crippen LogP contribution in [0, 0.1) is 0 Å². The van der Waals surface area contributed by atoms with E-state index in [4.69, 9.17) is 23.2 Å². The lowest BCUT2D eigenvalue weighted by Crippen LogP contribution is -2.37. The van der Waals surface area contributed by atoms with Crippen molar-refractivity contribution in [3.63, 3.8) is 0 Å². The number of urea groups is 1. The van der Waals surface area contributed by atoms with Crippen LogP contribution in [0.5, 0.6) is 0 Å². The Morgan fingerprint density at radius 1 is 1.29 bits per heavy atom. The van der Waals surface area contributed by atoms with Gasteiger partial charge in [-0.15, -0.1) is 0 Å². The van der Waals surface area contributed by atoms with E-state index in [0.29, 0.717) is 10.0 Å². The van der Waals surface area contributed by atoms with Crippen molar-refractivity contribution in [1.82, 2.24) is 10.6 Å². The number of nitrogens with one attached hydrogen (secondary N) is 2. The average molecular weight is 345 g/mol. The molecule has 0 aliphatic heterocycles. The monoisotopic (exact) mass is 344 g/mol. The molecule has 0 aliphatic rings. The Morgan fingerprint density at radius 3 is 2.76 bits per heavy atom. The van der Waals surface area contributed by atoms with E-state index in [2.05, 4.69) is 10.6 Å². The SMILES string of the molecule is O=C(NCc1ccc(Cl)cc1Cl)NCC(O)c1ccsc1. The van der Waals surface area contributed by atoms with Crippen molar-refractivity contribution >= 4 is 40.6 Å². The summed E-state index contributed by atoms with van der Waals surface area (Å²) >= 11 is 13.3. The zero-order chi connectivity index (χ0) is 15.2. The Kier molecular flexibility index (Phi) is 5.87. The van der Waals surface area contributed by atoms with Crippen LogP contribution in [-0.4, -0.2) is 17.7 Å². The number of thiophene rings is 1. The first-order valence-electron chi connectivity index (χ1n) is 6.22. The number of rotatable bonds is 5. The molecule has 0 bridgehead atoms. The topological polar surface area (TPSA) is 61.4 Å². The molecular formula is C14H14Cl2N2O2S. The quantitative estimate of drug-likeness (QED) is 0.776. The van der Waals surface area contributed by atoms with Crippen molar-refractivity contribution in [2.24, 2.45) is 0 Å². The fraction of sp³-hybridized carbons (Fsp3) is 0.214. The summed E-state index contributed by atoms with van der Waals surface area (Å²) in [5.74, 6) is 0. The number of carbonyl (C=O) groups is 1. The van der Waals surface area contributed by atoms with Crippen LogP contribution in [0.15, 0.2) is 35.0 Å². The third-order valence-electron chi connectivity index (χ3n) is 2.84. The van der Waals surface area contributed by atoms with E-state index >= 15 is 0 Å². The number of hydrogen-bond donors (Lipinski definition) is 3. The lowest BCUT2D eigenvalue weighted by molar-refractivity contribution is 0.173. The molecule has 4 nitrogen and oxygen atoms in total. The summed E-state index contributed by atoms with van der Waals surface area (Å²) in [6.07, 6.45) is -0.707. The molecule has 0 saturated heterocycles. The molecule has 1 atom stereocenters. The van der Waals surface area contributed by atoms with E-state index in [-0.39, 0.29) is 19.1 Å². The summed E-state index contributed by atoms with van der Waals surface area (Å²) in [6, 6.07) is 6.55. The molecule has 0 saturated carbocycles. The number of benzene rings is 1. The Bertz CT molecular complexity index is 605. The zero-order valence-electron chi connectivity index (χ0n) is 11.0. The predicted octanol–water partition coefficient (Wildman–Crippen LogP) is 3.59. The summed E-state index contributed by atoms with van der Waals surface area (Å²) in [5, 5.41) is 19.9.